The van der Waals surface area contributed by atoms with Gasteiger partial charge in [-0.3, -0.25) is 0 Å². The van der Waals surface area contributed by atoms with Gasteiger partial charge in [-0.15, -0.1) is 0 Å². The third-order valence-corrected chi connectivity index (χ3v) is 6.68. The minimum atomic E-state index is -3.75. The van der Waals surface area contributed by atoms with Crippen LogP contribution in [0.2, 0.25) is 0 Å². The van der Waals surface area contributed by atoms with E-state index in [4.69, 9.17) is 0 Å². The smallest absolute Gasteiger partial charge is 0.246 e. The summed E-state index contributed by atoms with van der Waals surface area (Å²) in [4.78, 5) is 7.85. The zero-order valence-electron chi connectivity index (χ0n) is 11.7. The molecule has 0 unspecified atom stereocenters. The first-order chi connectivity index (χ1) is 9.85. The van der Waals surface area contributed by atoms with Crippen LogP contribution in [-0.4, -0.2) is 62.2 Å². The van der Waals surface area contributed by atoms with Crippen LogP contribution >= 0.6 is 0 Å². The zero-order chi connectivity index (χ0) is 15.5. The Bertz CT molecular complexity index is 685. The Morgan fingerprint density at radius 1 is 1.24 bits per heavy atom. The van der Waals surface area contributed by atoms with E-state index < -0.39 is 19.9 Å². The average molecular weight is 334 g/mol. The minimum Gasteiger partial charge on any atom is -0.355 e. The van der Waals surface area contributed by atoms with E-state index in [1.165, 1.54) is 16.7 Å². The lowest BCUT2D eigenvalue weighted by Gasteiger charge is -2.18. The molecule has 1 aromatic rings. The fourth-order valence-electron chi connectivity index (χ4n) is 2.00. The number of hydrogen-bond donors (Lipinski definition) is 1. The summed E-state index contributed by atoms with van der Waals surface area (Å²) in [6.45, 7) is 2.68. The molecular formula is C11H18N4O4S2. The molecule has 1 aliphatic rings. The number of nitrogens with one attached hydrogen (secondary N) is 1. The second-order valence-electron chi connectivity index (χ2n) is 4.68. The second-order valence-corrected chi connectivity index (χ2v) is 8.92. The van der Waals surface area contributed by atoms with Crippen molar-refractivity contribution in [2.45, 2.75) is 18.2 Å². The Morgan fingerprint density at radius 2 is 1.90 bits per heavy atom. The summed E-state index contributed by atoms with van der Waals surface area (Å²) in [5.41, 5.74) is 0. The molecule has 1 aromatic heterocycles. The van der Waals surface area contributed by atoms with E-state index in [1.54, 1.807) is 0 Å². The Kier molecular flexibility index (Phi) is 4.79. The van der Waals surface area contributed by atoms with E-state index in [2.05, 4.69) is 15.3 Å². The molecule has 0 aliphatic carbocycles. The number of sulfone groups is 1. The number of sulfonamides is 1. The SMILES string of the molecule is CCNc1ncc(S(=O)(=O)N2CCCS(=O)(=O)CC2)cn1. The van der Waals surface area contributed by atoms with Gasteiger partial charge in [0.25, 0.3) is 0 Å². The van der Waals surface area contributed by atoms with Gasteiger partial charge in [-0.05, 0) is 13.3 Å². The summed E-state index contributed by atoms with van der Waals surface area (Å²) in [5, 5.41) is 2.88. The van der Waals surface area contributed by atoms with Crippen molar-refractivity contribution in [2.24, 2.45) is 0 Å². The van der Waals surface area contributed by atoms with Crippen LogP contribution in [0.4, 0.5) is 5.95 Å². The van der Waals surface area contributed by atoms with Crippen molar-refractivity contribution in [2.75, 3.05) is 36.5 Å². The summed E-state index contributed by atoms with van der Waals surface area (Å²) >= 11 is 0. The van der Waals surface area contributed by atoms with E-state index >= 15 is 0 Å². The van der Waals surface area contributed by atoms with E-state index in [1.807, 2.05) is 6.92 Å². The molecule has 1 N–H and O–H groups in total. The molecule has 1 fully saturated rings. The zero-order valence-corrected chi connectivity index (χ0v) is 13.3. The highest BCUT2D eigenvalue weighted by Crippen LogP contribution is 2.17. The molecule has 0 saturated carbocycles. The quantitative estimate of drug-likeness (QED) is 0.806. The van der Waals surface area contributed by atoms with Gasteiger partial charge >= 0.3 is 0 Å². The number of anilines is 1. The van der Waals surface area contributed by atoms with Crippen molar-refractivity contribution < 1.29 is 16.8 Å². The first kappa shape index (κ1) is 16.1. The Labute approximate surface area is 124 Å². The van der Waals surface area contributed by atoms with Crippen molar-refractivity contribution in [1.29, 1.82) is 0 Å². The normalized spacial score (nSPS) is 19.9. The van der Waals surface area contributed by atoms with Crippen molar-refractivity contribution in [3.8, 4) is 0 Å². The average Bonchev–Trinajstić information content (AvgIpc) is 2.61. The molecule has 0 aromatic carbocycles. The van der Waals surface area contributed by atoms with E-state index in [-0.39, 0.29) is 29.5 Å². The fourth-order valence-corrected chi connectivity index (χ4v) is 4.76. The maximum absolute atomic E-state index is 12.5. The van der Waals surface area contributed by atoms with Gasteiger partial charge in [0.2, 0.25) is 16.0 Å². The van der Waals surface area contributed by atoms with Gasteiger partial charge in [-0.1, -0.05) is 0 Å². The molecular weight excluding hydrogens is 316 g/mol. The summed E-state index contributed by atoms with van der Waals surface area (Å²) < 4.78 is 49.2. The molecule has 0 radical (unpaired) electrons. The van der Waals surface area contributed by atoms with Crippen LogP contribution in [-0.2, 0) is 19.9 Å². The van der Waals surface area contributed by atoms with Crippen molar-refractivity contribution in [1.82, 2.24) is 14.3 Å². The third-order valence-electron chi connectivity index (χ3n) is 3.12. The first-order valence-corrected chi connectivity index (χ1v) is 9.88. The Balaban J connectivity index is 2.21. The van der Waals surface area contributed by atoms with Crippen molar-refractivity contribution >= 4 is 25.8 Å². The standard InChI is InChI=1S/C11H18N4O4S2/c1-2-12-11-13-8-10(9-14-11)21(18,19)15-4-3-6-20(16,17)7-5-15/h8-9H,2-7H2,1H3,(H,12,13,14). The number of nitrogens with zero attached hydrogens (tertiary/aromatic N) is 3. The second kappa shape index (κ2) is 6.24. The summed E-state index contributed by atoms with van der Waals surface area (Å²) in [6.07, 6.45) is 2.78. The molecule has 2 heterocycles. The molecule has 0 atom stereocenters. The predicted octanol–water partition coefficient (Wildman–Crippen LogP) is -0.282. The summed E-state index contributed by atoms with van der Waals surface area (Å²) in [6, 6.07) is 0. The number of aromatic nitrogens is 2. The lowest BCUT2D eigenvalue weighted by Crippen LogP contribution is -2.33. The van der Waals surface area contributed by atoms with Gasteiger partial charge in [-0.2, -0.15) is 4.31 Å². The van der Waals surface area contributed by atoms with Crippen LogP contribution in [0.1, 0.15) is 13.3 Å². The predicted molar refractivity (Wildman–Crippen MR) is 78.2 cm³/mol. The lowest BCUT2D eigenvalue weighted by molar-refractivity contribution is 0.434. The van der Waals surface area contributed by atoms with Gasteiger partial charge in [0.1, 0.15) is 4.90 Å². The minimum absolute atomic E-state index is 0.0227. The van der Waals surface area contributed by atoms with Gasteiger partial charge in [0.15, 0.2) is 9.84 Å². The van der Waals surface area contributed by atoms with Crippen LogP contribution in [0.3, 0.4) is 0 Å². The largest absolute Gasteiger partial charge is 0.355 e. The molecule has 1 aliphatic heterocycles. The van der Waals surface area contributed by atoms with E-state index in [0.717, 1.165) is 0 Å². The maximum atomic E-state index is 12.5. The Morgan fingerprint density at radius 3 is 2.52 bits per heavy atom. The first-order valence-electron chi connectivity index (χ1n) is 6.61. The van der Waals surface area contributed by atoms with Crippen molar-refractivity contribution in [3.63, 3.8) is 0 Å². The number of rotatable bonds is 4. The molecule has 10 heteroatoms. The number of hydrogen-bond acceptors (Lipinski definition) is 7. The van der Waals surface area contributed by atoms with Gasteiger partial charge in [0, 0.05) is 19.6 Å². The van der Waals surface area contributed by atoms with Crippen LogP contribution in [0.25, 0.3) is 0 Å². The monoisotopic (exact) mass is 334 g/mol. The van der Waals surface area contributed by atoms with E-state index in [9.17, 15) is 16.8 Å². The summed E-state index contributed by atoms with van der Waals surface area (Å²) in [5.74, 6) is 0.229. The van der Waals surface area contributed by atoms with Crippen LogP contribution in [0.5, 0.6) is 0 Å². The van der Waals surface area contributed by atoms with Gasteiger partial charge < -0.3 is 5.32 Å². The molecule has 118 valence electrons. The van der Waals surface area contributed by atoms with Gasteiger partial charge in [-0.25, -0.2) is 26.8 Å². The Hall–Kier alpha value is -1.26. The van der Waals surface area contributed by atoms with E-state index in [0.29, 0.717) is 18.9 Å². The highest BCUT2D eigenvalue weighted by molar-refractivity contribution is 7.91. The van der Waals surface area contributed by atoms with Crippen LogP contribution in [0.15, 0.2) is 17.3 Å². The van der Waals surface area contributed by atoms with Crippen molar-refractivity contribution in [3.05, 3.63) is 12.4 Å². The third kappa shape index (κ3) is 3.89. The molecule has 0 spiro atoms. The molecule has 0 amide bonds. The van der Waals surface area contributed by atoms with Gasteiger partial charge in [0.05, 0.1) is 23.9 Å². The molecule has 1 saturated heterocycles. The van der Waals surface area contributed by atoms with Crippen LogP contribution in [0, 0.1) is 0 Å². The maximum Gasteiger partial charge on any atom is 0.246 e. The molecule has 8 nitrogen and oxygen atoms in total. The highest BCUT2D eigenvalue weighted by Gasteiger charge is 2.29. The molecule has 2 rings (SSSR count). The highest BCUT2D eigenvalue weighted by atomic mass is 32.2. The summed E-state index contributed by atoms with van der Waals surface area (Å²) in [7, 11) is -6.91. The lowest BCUT2D eigenvalue weighted by atomic mass is 10.5. The fraction of sp³-hybridized carbons (Fsp3) is 0.636. The molecule has 21 heavy (non-hydrogen) atoms. The van der Waals surface area contributed by atoms with Crippen LogP contribution < -0.4 is 5.32 Å². The topological polar surface area (TPSA) is 109 Å². The molecule has 0 bridgehead atoms.